The maximum absolute atomic E-state index is 13.9. The summed E-state index contributed by atoms with van der Waals surface area (Å²) in [6, 6.07) is 9.03. The Morgan fingerprint density at radius 3 is 2.89 bits per heavy atom. The normalized spacial score (nSPS) is 12.1. The van der Waals surface area contributed by atoms with E-state index in [1.807, 2.05) is 36.1 Å². The van der Waals surface area contributed by atoms with Crippen molar-refractivity contribution in [1.29, 1.82) is 5.26 Å². The first-order valence-corrected chi connectivity index (χ1v) is 6.16. The number of benzene rings is 1. The number of hydrogen-bond acceptors (Lipinski definition) is 2. The van der Waals surface area contributed by atoms with Crippen molar-refractivity contribution in [2.24, 2.45) is 0 Å². The third kappa shape index (κ3) is 2.83. The Bertz CT molecular complexity index is 610. The van der Waals surface area contributed by atoms with Gasteiger partial charge in [-0.05, 0) is 31.7 Å². The van der Waals surface area contributed by atoms with Crippen LogP contribution in [0.15, 0.2) is 36.7 Å². The van der Waals surface area contributed by atoms with Crippen LogP contribution in [0, 0.1) is 17.1 Å². The number of hydrogen-bond donors (Lipinski definition) is 1. The van der Waals surface area contributed by atoms with Crippen LogP contribution < -0.4 is 5.32 Å². The SMILES string of the molecule is CNC(C)c1ccn(Cc2cccc(C#N)c2F)c1. The van der Waals surface area contributed by atoms with E-state index in [9.17, 15) is 4.39 Å². The molecular formula is C15H16FN3. The van der Waals surface area contributed by atoms with Gasteiger partial charge >= 0.3 is 0 Å². The summed E-state index contributed by atoms with van der Waals surface area (Å²) in [5.74, 6) is -0.429. The molecule has 0 fully saturated rings. The van der Waals surface area contributed by atoms with Crippen molar-refractivity contribution in [1.82, 2.24) is 9.88 Å². The summed E-state index contributed by atoms with van der Waals surface area (Å²) >= 11 is 0. The zero-order chi connectivity index (χ0) is 13.8. The first kappa shape index (κ1) is 13.3. The zero-order valence-electron chi connectivity index (χ0n) is 11.0. The molecule has 0 aliphatic carbocycles. The lowest BCUT2D eigenvalue weighted by molar-refractivity contribution is 0.595. The van der Waals surface area contributed by atoms with Gasteiger partial charge in [-0.2, -0.15) is 5.26 Å². The van der Waals surface area contributed by atoms with Crippen molar-refractivity contribution < 1.29 is 4.39 Å². The Labute approximate surface area is 112 Å². The van der Waals surface area contributed by atoms with Gasteiger partial charge in [-0.15, -0.1) is 0 Å². The van der Waals surface area contributed by atoms with Gasteiger partial charge in [0.05, 0.1) is 5.56 Å². The first-order chi connectivity index (χ1) is 9.15. The summed E-state index contributed by atoms with van der Waals surface area (Å²) in [6.07, 6.45) is 3.90. The van der Waals surface area contributed by atoms with Gasteiger partial charge in [-0.1, -0.05) is 12.1 Å². The van der Waals surface area contributed by atoms with Crippen LogP contribution in [0.3, 0.4) is 0 Å². The highest BCUT2D eigenvalue weighted by Gasteiger charge is 2.09. The molecule has 98 valence electrons. The molecule has 0 aliphatic rings. The van der Waals surface area contributed by atoms with Crippen LogP contribution >= 0.6 is 0 Å². The van der Waals surface area contributed by atoms with E-state index in [1.54, 1.807) is 12.1 Å². The van der Waals surface area contributed by atoms with Crippen LogP contribution in [0.4, 0.5) is 4.39 Å². The monoisotopic (exact) mass is 257 g/mol. The summed E-state index contributed by atoms with van der Waals surface area (Å²) < 4.78 is 15.9. The topological polar surface area (TPSA) is 40.8 Å². The highest BCUT2D eigenvalue weighted by atomic mass is 19.1. The van der Waals surface area contributed by atoms with Gasteiger partial charge in [0.15, 0.2) is 0 Å². The molecule has 2 aromatic rings. The average molecular weight is 257 g/mol. The van der Waals surface area contributed by atoms with E-state index in [0.717, 1.165) is 5.56 Å². The van der Waals surface area contributed by atoms with Gasteiger partial charge in [0, 0.05) is 30.5 Å². The molecule has 1 unspecified atom stereocenters. The molecule has 1 atom stereocenters. The number of nitrogens with zero attached hydrogens (tertiary/aromatic N) is 2. The Morgan fingerprint density at radius 2 is 2.21 bits per heavy atom. The lowest BCUT2D eigenvalue weighted by Gasteiger charge is -2.08. The van der Waals surface area contributed by atoms with Crippen molar-refractivity contribution in [2.75, 3.05) is 7.05 Å². The molecule has 1 N–H and O–H groups in total. The van der Waals surface area contributed by atoms with E-state index in [0.29, 0.717) is 12.1 Å². The molecule has 0 amide bonds. The second kappa shape index (κ2) is 5.68. The number of nitrogens with one attached hydrogen (secondary N) is 1. The first-order valence-electron chi connectivity index (χ1n) is 6.16. The van der Waals surface area contributed by atoms with Crippen molar-refractivity contribution in [3.05, 3.63) is 59.2 Å². The van der Waals surface area contributed by atoms with E-state index in [4.69, 9.17) is 5.26 Å². The molecule has 1 aromatic carbocycles. The van der Waals surface area contributed by atoms with Crippen LogP contribution in [-0.4, -0.2) is 11.6 Å². The average Bonchev–Trinajstić information content (AvgIpc) is 2.89. The smallest absolute Gasteiger partial charge is 0.145 e. The highest BCUT2D eigenvalue weighted by molar-refractivity contribution is 5.35. The summed E-state index contributed by atoms with van der Waals surface area (Å²) in [5.41, 5.74) is 1.77. The summed E-state index contributed by atoms with van der Waals surface area (Å²) in [7, 11) is 1.90. The van der Waals surface area contributed by atoms with E-state index < -0.39 is 5.82 Å². The summed E-state index contributed by atoms with van der Waals surface area (Å²) in [5, 5.41) is 12.0. The fraction of sp³-hybridized carbons (Fsp3) is 0.267. The van der Waals surface area contributed by atoms with Crippen molar-refractivity contribution in [2.45, 2.75) is 19.5 Å². The molecule has 3 nitrogen and oxygen atoms in total. The second-order valence-electron chi connectivity index (χ2n) is 4.52. The molecule has 0 bridgehead atoms. The fourth-order valence-electron chi connectivity index (χ4n) is 1.97. The van der Waals surface area contributed by atoms with Crippen LogP contribution in [0.1, 0.15) is 29.7 Å². The molecule has 0 radical (unpaired) electrons. The quantitative estimate of drug-likeness (QED) is 0.915. The predicted octanol–water partition coefficient (Wildman–Crippen LogP) is 2.83. The maximum Gasteiger partial charge on any atom is 0.145 e. The minimum Gasteiger partial charge on any atom is -0.349 e. The van der Waals surface area contributed by atoms with Crippen molar-refractivity contribution >= 4 is 0 Å². The molecular weight excluding hydrogens is 241 g/mol. The lowest BCUT2D eigenvalue weighted by Crippen LogP contribution is -2.11. The largest absolute Gasteiger partial charge is 0.349 e. The van der Waals surface area contributed by atoms with Crippen LogP contribution in [0.25, 0.3) is 0 Å². The predicted molar refractivity (Wildman–Crippen MR) is 72.1 cm³/mol. The molecule has 19 heavy (non-hydrogen) atoms. The van der Waals surface area contributed by atoms with E-state index in [2.05, 4.69) is 12.2 Å². The number of halogens is 1. The Kier molecular flexibility index (Phi) is 3.98. The van der Waals surface area contributed by atoms with Gasteiger partial charge in [0.25, 0.3) is 0 Å². The van der Waals surface area contributed by atoms with Crippen molar-refractivity contribution in [3.63, 3.8) is 0 Å². The molecule has 0 saturated carbocycles. The summed E-state index contributed by atoms with van der Waals surface area (Å²) in [6.45, 7) is 2.49. The number of aromatic nitrogens is 1. The van der Waals surface area contributed by atoms with E-state index in [1.165, 1.54) is 6.07 Å². The number of nitriles is 1. The van der Waals surface area contributed by atoms with Crippen LogP contribution in [-0.2, 0) is 6.54 Å². The summed E-state index contributed by atoms with van der Waals surface area (Å²) in [4.78, 5) is 0. The molecule has 2 rings (SSSR count). The molecule has 0 aliphatic heterocycles. The van der Waals surface area contributed by atoms with E-state index in [-0.39, 0.29) is 11.6 Å². The zero-order valence-corrected chi connectivity index (χ0v) is 11.0. The standard InChI is InChI=1S/C15H16FN3/c1-11(18-2)13-6-7-19(9-13)10-14-5-3-4-12(8-17)15(14)16/h3-7,9,11,18H,10H2,1-2H3. The molecule has 4 heteroatoms. The molecule has 1 aromatic heterocycles. The van der Waals surface area contributed by atoms with Gasteiger partial charge in [0.2, 0.25) is 0 Å². The minimum atomic E-state index is -0.429. The number of rotatable bonds is 4. The Balaban J connectivity index is 2.22. The fourth-order valence-corrected chi connectivity index (χ4v) is 1.97. The third-order valence-corrected chi connectivity index (χ3v) is 3.26. The van der Waals surface area contributed by atoms with Crippen molar-refractivity contribution in [3.8, 4) is 6.07 Å². The van der Waals surface area contributed by atoms with Crippen LogP contribution in [0.5, 0.6) is 0 Å². The molecule has 0 saturated heterocycles. The second-order valence-corrected chi connectivity index (χ2v) is 4.52. The van der Waals surface area contributed by atoms with Gasteiger partial charge in [-0.25, -0.2) is 4.39 Å². The van der Waals surface area contributed by atoms with Gasteiger partial charge in [-0.3, -0.25) is 0 Å². The van der Waals surface area contributed by atoms with Gasteiger partial charge in [0.1, 0.15) is 11.9 Å². The Hall–Kier alpha value is -2.12. The maximum atomic E-state index is 13.9. The van der Waals surface area contributed by atoms with Crippen LogP contribution in [0.2, 0.25) is 0 Å². The van der Waals surface area contributed by atoms with Gasteiger partial charge < -0.3 is 9.88 Å². The lowest BCUT2D eigenvalue weighted by atomic mass is 10.1. The Morgan fingerprint density at radius 1 is 1.42 bits per heavy atom. The highest BCUT2D eigenvalue weighted by Crippen LogP contribution is 2.16. The minimum absolute atomic E-state index is 0.0912. The van der Waals surface area contributed by atoms with E-state index >= 15 is 0 Å². The third-order valence-electron chi connectivity index (χ3n) is 3.26. The molecule has 0 spiro atoms. The molecule has 1 heterocycles.